The van der Waals surface area contributed by atoms with Crippen LogP contribution in [0, 0.1) is 0 Å². The first-order chi connectivity index (χ1) is 12.0. The van der Waals surface area contributed by atoms with Crippen molar-refractivity contribution in [3.63, 3.8) is 0 Å². The molecule has 3 rings (SSSR count). The summed E-state index contributed by atoms with van der Waals surface area (Å²) in [6, 6.07) is 7.29. The van der Waals surface area contributed by atoms with Crippen LogP contribution in [0.5, 0.6) is 5.75 Å². The van der Waals surface area contributed by atoms with E-state index >= 15 is 0 Å². The van der Waals surface area contributed by atoms with E-state index in [0.717, 1.165) is 25.7 Å². The normalized spacial score (nSPS) is 21.2. The van der Waals surface area contributed by atoms with Gasteiger partial charge in [0, 0.05) is 11.6 Å². The first-order valence-corrected chi connectivity index (χ1v) is 9.45. The van der Waals surface area contributed by atoms with Gasteiger partial charge < -0.3 is 9.84 Å². The molecule has 2 fully saturated rings. The molecule has 1 saturated heterocycles. The Hall–Kier alpha value is -1.86. The van der Waals surface area contributed by atoms with Crippen molar-refractivity contribution in [2.24, 2.45) is 0 Å². The molecule has 7 heteroatoms. The average molecular weight is 377 g/mol. The second-order valence-electron chi connectivity index (χ2n) is 6.13. The van der Waals surface area contributed by atoms with Gasteiger partial charge in [-0.25, -0.2) is 4.79 Å². The van der Waals surface area contributed by atoms with Gasteiger partial charge in [0.25, 0.3) is 5.91 Å². The van der Waals surface area contributed by atoms with Crippen LogP contribution in [0.15, 0.2) is 29.2 Å². The molecule has 5 nitrogen and oxygen atoms in total. The van der Waals surface area contributed by atoms with Crippen LogP contribution in [0.4, 0.5) is 0 Å². The monoisotopic (exact) mass is 377 g/mol. The molecule has 0 bridgehead atoms. The number of carboxylic acids is 1. The lowest BCUT2D eigenvalue weighted by Gasteiger charge is -2.21. The predicted octanol–water partition coefficient (Wildman–Crippen LogP) is 3.68. The van der Waals surface area contributed by atoms with E-state index in [-0.39, 0.29) is 11.9 Å². The molecular formula is C18H19NO4S2. The van der Waals surface area contributed by atoms with E-state index in [1.165, 1.54) is 18.7 Å². The highest BCUT2D eigenvalue weighted by molar-refractivity contribution is 8.26. The number of hydrogen-bond donors (Lipinski definition) is 1. The summed E-state index contributed by atoms with van der Waals surface area (Å²) in [5.74, 6) is -0.672. The van der Waals surface area contributed by atoms with Crippen molar-refractivity contribution in [3.05, 3.63) is 34.7 Å². The molecule has 1 aromatic rings. The Labute approximate surface area is 156 Å². The van der Waals surface area contributed by atoms with Gasteiger partial charge in [-0.3, -0.25) is 9.69 Å². The Morgan fingerprint density at radius 3 is 2.76 bits per heavy atom. The molecule has 1 atom stereocenters. The van der Waals surface area contributed by atoms with Gasteiger partial charge in [0.15, 0.2) is 6.10 Å². The maximum Gasteiger partial charge on any atom is 0.344 e. The van der Waals surface area contributed by atoms with Gasteiger partial charge >= 0.3 is 5.97 Å². The van der Waals surface area contributed by atoms with Gasteiger partial charge in [-0.2, -0.15) is 0 Å². The Bertz CT molecular complexity index is 740. The lowest BCUT2D eigenvalue weighted by atomic mass is 10.1. The number of carbonyl (C=O) groups is 2. The molecule has 1 aliphatic heterocycles. The number of carboxylic acid groups (broad SMARTS) is 1. The number of aliphatic carboxylic acids is 1. The van der Waals surface area contributed by atoms with Crippen molar-refractivity contribution in [3.8, 4) is 5.75 Å². The summed E-state index contributed by atoms with van der Waals surface area (Å²) in [7, 11) is 0. The number of para-hydroxylation sites is 1. The summed E-state index contributed by atoms with van der Waals surface area (Å²) in [4.78, 5) is 26.1. The number of hydrogen-bond acceptors (Lipinski definition) is 5. The van der Waals surface area contributed by atoms with E-state index in [9.17, 15) is 9.59 Å². The summed E-state index contributed by atoms with van der Waals surface area (Å²) in [6.45, 7) is 1.47. The van der Waals surface area contributed by atoms with Crippen molar-refractivity contribution >= 4 is 46.3 Å². The smallest absolute Gasteiger partial charge is 0.344 e. The third-order valence-corrected chi connectivity index (χ3v) is 5.70. The van der Waals surface area contributed by atoms with Crippen molar-refractivity contribution < 1.29 is 19.4 Å². The summed E-state index contributed by atoms with van der Waals surface area (Å²) in [5.41, 5.74) is 0.669. The van der Waals surface area contributed by atoms with Crippen molar-refractivity contribution in [1.29, 1.82) is 0 Å². The van der Waals surface area contributed by atoms with Crippen molar-refractivity contribution in [1.82, 2.24) is 4.90 Å². The fourth-order valence-electron chi connectivity index (χ4n) is 3.05. The number of amides is 1. The van der Waals surface area contributed by atoms with Crippen LogP contribution in [0.25, 0.3) is 6.08 Å². The van der Waals surface area contributed by atoms with E-state index in [1.54, 1.807) is 29.2 Å². The minimum Gasteiger partial charge on any atom is -0.479 e. The quantitative estimate of drug-likeness (QED) is 0.624. The summed E-state index contributed by atoms with van der Waals surface area (Å²) >= 11 is 6.70. The third-order valence-electron chi connectivity index (χ3n) is 4.37. The second kappa shape index (κ2) is 7.58. The minimum absolute atomic E-state index is 0.0667. The van der Waals surface area contributed by atoms with Crippen LogP contribution in [0.3, 0.4) is 0 Å². The predicted molar refractivity (Wildman–Crippen MR) is 101 cm³/mol. The summed E-state index contributed by atoms with van der Waals surface area (Å²) < 4.78 is 6.09. The van der Waals surface area contributed by atoms with E-state index in [0.29, 0.717) is 20.5 Å². The lowest BCUT2D eigenvalue weighted by molar-refractivity contribution is -0.144. The fourth-order valence-corrected chi connectivity index (χ4v) is 4.44. The lowest BCUT2D eigenvalue weighted by Crippen LogP contribution is -2.36. The van der Waals surface area contributed by atoms with E-state index in [1.807, 2.05) is 6.07 Å². The Morgan fingerprint density at radius 2 is 2.08 bits per heavy atom. The van der Waals surface area contributed by atoms with Crippen LogP contribution in [0.2, 0.25) is 0 Å². The Morgan fingerprint density at radius 1 is 1.40 bits per heavy atom. The van der Waals surface area contributed by atoms with Crippen molar-refractivity contribution in [2.45, 2.75) is 44.8 Å². The highest BCUT2D eigenvalue weighted by Gasteiger charge is 2.38. The number of benzene rings is 1. The topological polar surface area (TPSA) is 66.8 Å². The molecule has 1 heterocycles. The zero-order chi connectivity index (χ0) is 18.0. The molecular weight excluding hydrogens is 358 g/mol. The highest BCUT2D eigenvalue weighted by atomic mass is 32.2. The van der Waals surface area contributed by atoms with Crippen LogP contribution in [-0.2, 0) is 9.59 Å². The molecule has 25 heavy (non-hydrogen) atoms. The third kappa shape index (κ3) is 3.88. The minimum atomic E-state index is -1.04. The molecule has 1 aromatic carbocycles. The number of ether oxygens (including phenoxy) is 1. The molecule has 1 N–H and O–H groups in total. The molecule has 2 aliphatic rings. The number of nitrogens with zero attached hydrogens (tertiary/aromatic N) is 1. The molecule has 1 unspecified atom stereocenters. The van der Waals surface area contributed by atoms with E-state index in [4.69, 9.17) is 22.1 Å². The van der Waals surface area contributed by atoms with Gasteiger partial charge in [-0.05, 0) is 31.9 Å². The van der Waals surface area contributed by atoms with Gasteiger partial charge in [0.05, 0.1) is 4.91 Å². The fraction of sp³-hybridized carbons (Fsp3) is 0.389. The van der Waals surface area contributed by atoms with Crippen LogP contribution in [-0.4, -0.2) is 38.3 Å². The average Bonchev–Trinajstić information content (AvgIpc) is 3.18. The first kappa shape index (κ1) is 17.9. The second-order valence-corrected chi connectivity index (χ2v) is 7.80. The molecule has 132 valence electrons. The van der Waals surface area contributed by atoms with Gasteiger partial charge in [0.1, 0.15) is 10.1 Å². The van der Waals surface area contributed by atoms with Gasteiger partial charge in [-0.15, -0.1) is 0 Å². The van der Waals surface area contributed by atoms with Crippen LogP contribution in [0.1, 0.15) is 38.2 Å². The largest absolute Gasteiger partial charge is 0.479 e. The zero-order valence-corrected chi connectivity index (χ0v) is 15.4. The molecule has 0 aromatic heterocycles. The van der Waals surface area contributed by atoms with Crippen molar-refractivity contribution in [2.75, 3.05) is 0 Å². The van der Waals surface area contributed by atoms with Gasteiger partial charge in [0.2, 0.25) is 0 Å². The number of carbonyl (C=O) groups excluding carboxylic acids is 1. The maximum atomic E-state index is 12.8. The molecule has 1 aliphatic carbocycles. The first-order valence-electron chi connectivity index (χ1n) is 8.23. The van der Waals surface area contributed by atoms with Crippen LogP contribution < -0.4 is 4.74 Å². The number of thioether (sulfide) groups is 1. The Balaban J connectivity index is 1.85. The number of thiocarbonyl (C=S) groups is 1. The molecule has 0 spiro atoms. The molecule has 1 amide bonds. The SMILES string of the molecule is CC(Oc1ccccc1/C=C1/SC(=S)N(C2CCCC2)C1=O)C(=O)O. The van der Waals surface area contributed by atoms with E-state index in [2.05, 4.69) is 0 Å². The Kier molecular flexibility index (Phi) is 5.44. The maximum absolute atomic E-state index is 12.8. The standard InChI is InChI=1S/C18H19NO4S2/c1-11(17(21)22)23-14-9-5-2-6-12(14)10-15-16(20)19(18(24)25-15)13-7-3-4-8-13/h2,5-6,9-11,13H,3-4,7-8H2,1H3,(H,21,22)/b15-10+. The summed E-state index contributed by atoms with van der Waals surface area (Å²) in [6.07, 6.45) is 5.01. The van der Waals surface area contributed by atoms with Gasteiger partial charge in [-0.1, -0.05) is 55.0 Å². The number of rotatable bonds is 5. The molecule has 0 radical (unpaired) electrons. The van der Waals surface area contributed by atoms with E-state index < -0.39 is 12.1 Å². The zero-order valence-electron chi connectivity index (χ0n) is 13.8. The van der Waals surface area contributed by atoms with Crippen LogP contribution >= 0.6 is 24.0 Å². The summed E-state index contributed by atoms with van der Waals surface area (Å²) in [5, 5.41) is 9.03. The highest BCUT2D eigenvalue weighted by Crippen LogP contribution is 2.38. The molecule has 1 saturated carbocycles.